The van der Waals surface area contributed by atoms with Gasteiger partial charge in [-0.3, -0.25) is 9.52 Å². The second-order valence-electron chi connectivity index (χ2n) is 6.44. The van der Waals surface area contributed by atoms with Crippen LogP contribution in [0.15, 0.2) is 18.2 Å². The Morgan fingerprint density at radius 3 is 2.62 bits per heavy atom. The first kappa shape index (κ1) is 18.7. The summed E-state index contributed by atoms with van der Waals surface area (Å²) in [7, 11) is -3.62. The second kappa shape index (κ2) is 8.46. The Morgan fingerprint density at radius 1 is 1.25 bits per heavy atom. The zero-order chi connectivity index (χ0) is 17.6. The first-order valence-corrected chi connectivity index (χ1v) is 10.0. The molecule has 24 heavy (non-hydrogen) atoms. The van der Waals surface area contributed by atoms with E-state index in [2.05, 4.69) is 10.0 Å². The van der Waals surface area contributed by atoms with Crippen molar-refractivity contribution in [1.29, 1.82) is 0 Å². The predicted octanol–water partition coefficient (Wildman–Crippen LogP) is 2.96. The van der Waals surface area contributed by atoms with Crippen LogP contribution in [0.5, 0.6) is 0 Å². The van der Waals surface area contributed by atoms with E-state index < -0.39 is 15.8 Å². The van der Waals surface area contributed by atoms with Crippen molar-refractivity contribution in [2.45, 2.75) is 45.4 Å². The highest BCUT2D eigenvalue weighted by molar-refractivity contribution is 7.92. The number of hydrogen-bond acceptors (Lipinski definition) is 3. The Balaban J connectivity index is 1.75. The molecule has 0 atom stereocenters. The Hall–Kier alpha value is -1.63. The molecule has 2 rings (SSSR count). The van der Waals surface area contributed by atoms with E-state index in [1.807, 2.05) is 0 Å². The fraction of sp³-hybridized carbons (Fsp3) is 0.588. The van der Waals surface area contributed by atoms with Gasteiger partial charge < -0.3 is 5.32 Å². The Morgan fingerprint density at radius 2 is 1.96 bits per heavy atom. The molecule has 1 fully saturated rings. The van der Waals surface area contributed by atoms with Crippen molar-refractivity contribution < 1.29 is 17.6 Å². The van der Waals surface area contributed by atoms with Crippen LogP contribution in [-0.4, -0.2) is 26.6 Å². The molecule has 2 N–H and O–H groups in total. The van der Waals surface area contributed by atoms with E-state index in [1.54, 1.807) is 6.92 Å². The first-order valence-electron chi connectivity index (χ1n) is 8.39. The zero-order valence-corrected chi connectivity index (χ0v) is 14.8. The lowest BCUT2D eigenvalue weighted by atomic mass is 9.87. The lowest BCUT2D eigenvalue weighted by Crippen LogP contribution is -2.32. The summed E-state index contributed by atoms with van der Waals surface area (Å²) in [5.41, 5.74) is 0.638. The standard InChI is InChI=1S/C17H25FN2O3S/c1-13-7-8-15(12-16(13)18)20-24(22,23)10-9-19-17(21)11-14-5-3-2-4-6-14/h7-8,12,14,20H,2-6,9-11H2,1H3,(H,19,21). The molecule has 1 saturated carbocycles. The van der Waals surface area contributed by atoms with Crippen LogP contribution in [0.25, 0.3) is 0 Å². The van der Waals surface area contributed by atoms with Gasteiger partial charge in [0.15, 0.2) is 0 Å². The molecule has 1 aromatic rings. The summed E-state index contributed by atoms with van der Waals surface area (Å²) >= 11 is 0. The van der Waals surface area contributed by atoms with E-state index in [4.69, 9.17) is 0 Å². The average molecular weight is 356 g/mol. The number of benzene rings is 1. The topological polar surface area (TPSA) is 75.3 Å². The quantitative estimate of drug-likeness (QED) is 0.789. The highest BCUT2D eigenvalue weighted by atomic mass is 32.2. The fourth-order valence-corrected chi connectivity index (χ4v) is 3.90. The number of anilines is 1. The predicted molar refractivity (Wildman–Crippen MR) is 92.7 cm³/mol. The zero-order valence-electron chi connectivity index (χ0n) is 14.0. The lowest BCUT2D eigenvalue weighted by Gasteiger charge is -2.20. The van der Waals surface area contributed by atoms with Crippen LogP contribution in [0.1, 0.15) is 44.1 Å². The van der Waals surface area contributed by atoms with Gasteiger partial charge in [0.1, 0.15) is 5.82 Å². The van der Waals surface area contributed by atoms with Crippen LogP contribution in [0.4, 0.5) is 10.1 Å². The average Bonchev–Trinajstić information content (AvgIpc) is 2.51. The van der Waals surface area contributed by atoms with Crippen molar-refractivity contribution in [2.75, 3.05) is 17.0 Å². The Labute approximate surface area is 143 Å². The Kier molecular flexibility index (Phi) is 6.60. The number of amides is 1. The van der Waals surface area contributed by atoms with E-state index >= 15 is 0 Å². The van der Waals surface area contributed by atoms with Crippen LogP contribution < -0.4 is 10.0 Å². The van der Waals surface area contributed by atoms with Gasteiger partial charge in [0.05, 0.1) is 11.4 Å². The number of rotatable bonds is 7. The first-order chi connectivity index (χ1) is 11.4. The molecule has 0 heterocycles. The van der Waals surface area contributed by atoms with E-state index in [0.29, 0.717) is 17.9 Å². The summed E-state index contributed by atoms with van der Waals surface area (Å²) in [6.07, 6.45) is 6.20. The van der Waals surface area contributed by atoms with E-state index in [9.17, 15) is 17.6 Å². The number of halogens is 1. The summed E-state index contributed by atoms with van der Waals surface area (Å²) in [5.74, 6) is -0.377. The number of nitrogens with one attached hydrogen (secondary N) is 2. The molecule has 0 radical (unpaired) electrons. The Bertz CT molecular complexity index is 670. The highest BCUT2D eigenvalue weighted by Gasteiger charge is 2.17. The van der Waals surface area contributed by atoms with E-state index in [0.717, 1.165) is 18.9 Å². The molecule has 1 aromatic carbocycles. The molecule has 5 nitrogen and oxygen atoms in total. The maximum Gasteiger partial charge on any atom is 0.234 e. The van der Waals surface area contributed by atoms with Gasteiger partial charge in [0.2, 0.25) is 15.9 Å². The molecule has 1 aliphatic rings. The largest absolute Gasteiger partial charge is 0.355 e. The number of sulfonamides is 1. The van der Waals surface area contributed by atoms with Gasteiger partial charge in [-0.25, -0.2) is 12.8 Å². The van der Waals surface area contributed by atoms with Crippen LogP contribution in [0.2, 0.25) is 0 Å². The fourth-order valence-electron chi connectivity index (χ4n) is 2.94. The SMILES string of the molecule is Cc1ccc(NS(=O)(=O)CCNC(=O)CC2CCCCC2)cc1F. The number of aryl methyl sites for hydroxylation is 1. The van der Waals surface area contributed by atoms with Crippen molar-refractivity contribution in [3.8, 4) is 0 Å². The molecule has 0 aliphatic heterocycles. The van der Waals surface area contributed by atoms with Crippen LogP contribution >= 0.6 is 0 Å². The van der Waals surface area contributed by atoms with Crippen molar-refractivity contribution in [1.82, 2.24) is 5.32 Å². The number of hydrogen-bond donors (Lipinski definition) is 2. The van der Waals surface area contributed by atoms with Gasteiger partial charge >= 0.3 is 0 Å². The summed E-state index contributed by atoms with van der Waals surface area (Å²) in [6.45, 7) is 1.66. The number of carbonyl (C=O) groups is 1. The third-order valence-corrected chi connectivity index (χ3v) is 5.63. The van der Waals surface area contributed by atoms with E-state index in [-0.39, 0.29) is 23.9 Å². The minimum atomic E-state index is -3.62. The molecule has 1 amide bonds. The van der Waals surface area contributed by atoms with Gasteiger partial charge in [0.25, 0.3) is 0 Å². The van der Waals surface area contributed by atoms with Crippen LogP contribution in [-0.2, 0) is 14.8 Å². The van der Waals surface area contributed by atoms with Gasteiger partial charge in [-0.15, -0.1) is 0 Å². The van der Waals surface area contributed by atoms with Crippen molar-refractivity contribution in [3.63, 3.8) is 0 Å². The van der Waals surface area contributed by atoms with Gasteiger partial charge in [0, 0.05) is 13.0 Å². The molecular formula is C17H25FN2O3S. The summed E-state index contributed by atoms with van der Waals surface area (Å²) in [6, 6.07) is 4.17. The normalized spacial score (nSPS) is 15.9. The molecule has 0 unspecified atom stereocenters. The highest BCUT2D eigenvalue weighted by Crippen LogP contribution is 2.26. The summed E-state index contributed by atoms with van der Waals surface area (Å²) in [5, 5.41) is 2.66. The maximum atomic E-state index is 13.4. The summed E-state index contributed by atoms with van der Waals surface area (Å²) in [4.78, 5) is 11.9. The number of carbonyl (C=O) groups excluding carboxylic acids is 1. The maximum absolute atomic E-state index is 13.4. The van der Waals surface area contributed by atoms with Gasteiger partial charge in [-0.05, 0) is 43.4 Å². The third kappa shape index (κ3) is 6.11. The van der Waals surface area contributed by atoms with Gasteiger partial charge in [-0.1, -0.05) is 25.3 Å². The molecule has 0 bridgehead atoms. The van der Waals surface area contributed by atoms with Crippen molar-refractivity contribution in [2.24, 2.45) is 5.92 Å². The van der Waals surface area contributed by atoms with Crippen LogP contribution in [0.3, 0.4) is 0 Å². The second-order valence-corrected chi connectivity index (χ2v) is 8.28. The van der Waals surface area contributed by atoms with E-state index in [1.165, 1.54) is 31.4 Å². The molecule has 0 aromatic heterocycles. The van der Waals surface area contributed by atoms with Crippen molar-refractivity contribution >= 4 is 21.6 Å². The molecule has 0 saturated heterocycles. The minimum absolute atomic E-state index is 0.0508. The monoisotopic (exact) mass is 356 g/mol. The third-order valence-electron chi connectivity index (χ3n) is 4.34. The van der Waals surface area contributed by atoms with Gasteiger partial charge in [-0.2, -0.15) is 0 Å². The minimum Gasteiger partial charge on any atom is -0.355 e. The van der Waals surface area contributed by atoms with Crippen LogP contribution in [0, 0.1) is 18.7 Å². The summed E-state index contributed by atoms with van der Waals surface area (Å²) < 4.78 is 39.7. The smallest absolute Gasteiger partial charge is 0.234 e. The molecule has 1 aliphatic carbocycles. The molecule has 7 heteroatoms. The molecular weight excluding hydrogens is 331 g/mol. The molecule has 0 spiro atoms. The van der Waals surface area contributed by atoms with Crippen molar-refractivity contribution in [3.05, 3.63) is 29.6 Å². The lowest BCUT2D eigenvalue weighted by molar-refractivity contribution is -0.122. The molecule has 134 valence electrons.